The minimum atomic E-state index is -0.199. The molecule has 118 valence electrons. The van der Waals surface area contributed by atoms with E-state index in [4.69, 9.17) is 23.2 Å². The molecular formula is C18H11Cl2N3O. The second kappa shape index (κ2) is 5.82. The summed E-state index contributed by atoms with van der Waals surface area (Å²) in [6.45, 7) is 0. The number of aromatic amines is 1. The van der Waals surface area contributed by atoms with Crippen LogP contribution in [-0.4, -0.2) is 14.6 Å². The van der Waals surface area contributed by atoms with Crippen molar-refractivity contribution in [3.63, 3.8) is 0 Å². The van der Waals surface area contributed by atoms with Crippen LogP contribution in [0.4, 0.5) is 0 Å². The van der Waals surface area contributed by atoms with Crippen LogP contribution in [0.5, 0.6) is 0 Å². The number of H-pyrrole nitrogens is 1. The van der Waals surface area contributed by atoms with Crippen molar-refractivity contribution < 1.29 is 0 Å². The average molecular weight is 356 g/mol. The molecule has 4 aromatic rings. The number of benzene rings is 2. The van der Waals surface area contributed by atoms with Crippen LogP contribution in [0.15, 0.2) is 65.6 Å². The topological polar surface area (TPSA) is 50.2 Å². The Hall–Kier alpha value is -2.56. The summed E-state index contributed by atoms with van der Waals surface area (Å²) in [5.74, 6) is 0. The predicted molar refractivity (Wildman–Crippen MR) is 96.7 cm³/mol. The Kier molecular flexibility index (Phi) is 3.63. The van der Waals surface area contributed by atoms with Crippen molar-refractivity contribution >= 4 is 28.7 Å². The van der Waals surface area contributed by atoms with Crippen molar-refractivity contribution in [3.8, 4) is 22.5 Å². The maximum atomic E-state index is 12.4. The Morgan fingerprint density at radius 2 is 1.46 bits per heavy atom. The number of hydrogen-bond acceptors (Lipinski definition) is 2. The molecule has 2 aromatic carbocycles. The van der Waals surface area contributed by atoms with Gasteiger partial charge in [-0.3, -0.25) is 4.79 Å². The van der Waals surface area contributed by atoms with E-state index in [0.717, 1.165) is 11.1 Å². The lowest BCUT2D eigenvalue weighted by atomic mass is 10.1. The number of nitrogens with one attached hydrogen (secondary N) is 1. The SMILES string of the molecule is O=c1[nH]c(-c2ccc(Cl)cc2)cn2nc(-c3ccc(Cl)cc3)cc12. The molecule has 0 saturated carbocycles. The van der Waals surface area contributed by atoms with Crippen LogP contribution in [0.3, 0.4) is 0 Å². The third-order valence-electron chi connectivity index (χ3n) is 3.76. The molecule has 0 saturated heterocycles. The van der Waals surface area contributed by atoms with Crippen LogP contribution >= 0.6 is 23.2 Å². The fourth-order valence-corrected chi connectivity index (χ4v) is 2.79. The van der Waals surface area contributed by atoms with Gasteiger partial charge in [0.25, 0.3) is 5.56 Å². The van der Waals surface area contributed by atoms with Gasteiger partial charge >= 0.3 is 0 Å². The van der Waals surface area contributed by atoms with E-state index in [9.17, 15) is 4.79 Å². The molecule has 0 atom stereocenters. The highest BCUT2D eigenvalue weighted by atomic mass is 35.5. The standard InChI is InChI=1S/C18H11Cl2N3O/c19-13-5-1-11(2-6-13)15-9-17-18(24)21-16(10-23(17)22-15)12-3-7-14(20)8-4-12/h1-10H,(H,21,24). The summed E-state index contributed by atoms with van der Waals surface area (Å²) in [4.78, 5) is 15.3. The molecule has 0 amide bonds. The zero-order valence-electron chi connectivity index (χ0n) is 12.3. The van der Waals surface area contributed by atoms with E-state index in [1.807, 2.05) is 24.3 Å². The van der Waals surface area contributed by atoms with Gasteiger partial charge in [0.15, 0.2) is 0 Å². The Morgan fingerprint density at radius 1 is 0.875 bits per heavy atom. The normalized spacial score (nSPS) is 11.1. The van der Waals surface area contributed by atoms with Crippen molar-refractivity contribution in [3.05, 3.63) is 81.2 Å². The van der Waals surface area contributed by atoms with E-state index in [0.29, 0.717) is 26.9 Å². The minimum Gasteiger partial charge on any atom is -0.319 e. The molecule has 0 aliphatic rings. The Labute approximate surface area is 147 Å². The zero-order valence-corrected chi connectivity index (χ0v) is 13.8. The van der Waals surface area contributed by atoms with Gasteiger partial charge in [0, 0.05) is 15.6 Å². The van der Waals surface area contributed by atoms with Gasteiger partial charge < -0.3 is 4.98 Å². The fraction of sp³-hybridized carbons (Fsp3) is 0. The Bertz CT molecular complexity index is 1080. The zero-order chi connectivity index (χ0) is 16.7. The van der Waals surface area contributed by atoms with Gasteiger partial charge in [0.05, 0.1) is 17.6 Å². The van der Waals surface area contributed by atoms with Crippen LogP contribution in [0, 0.1) is 0 Å². The van der Waals surface area contributed by atoms with E-state index in [1.165, 1.54) is 0 Å². The molecule has 0 bridgehead atoms. The summed E-state index contributed by atoms with van der Waals surface area (Å²) in [5.41, 5.74) is 3.44. The highest BCUT2D eigenvalue weighted by Crippen LogP contribution is 2.23. The largest absolute Gasteiger partial charge is 0.319 e. The van der Waals surface area contributed by atoms with E-state index >= 15 is 0 Å². The predicted octanol–water partition coefficient (Wildman–Crippen LogP) is 4.66. The van der Waals surface area contributed by atoms with Crippen molar-refractivity contribution in [2.24, 2.45) is 0 Å². The number of halogens is 2. The van der Waals surface area contributed by atoms with E-state index < -0.39 is 0 Å². The van der Waals surface area contributed by atoms with E-state index in [1.54, 1.807) is 41.0 Å². The van der Waals surface area contributed by atoms with Crippen molar-refractivity contribution in [2.75, 3.05) is 0 Å². The maximum Gasteiger partial charge on any atom is 0.274 e. The molecule has 0 unspecified atom stereocenters. The van der Waals surface area contributed by atoms with E-state index in [-0.39, 0.29) is 5.56 Å². The molecular weight excluding hydrogens is 345 g/mol. The number of fused-ring (bicyclic) bond motifs is 1. The smallest absolute Gasteiger partial charge is 0.274 e. The third kappa shape index (κ3) is 2.70. The number of rotatable bonds is 2. The van der Waals surface area contributed by atoms with Crippen LogP contribution in [-0.2, 0) is 0 Å². The lowest BCUT2D eigenvalue weighted by molar-refractivity contribution is 0.943. The summed E-state index contributed by atoms with van der Waals surface area (Å²) in [6, 6.07) is 16.4. The number of nitrogens with zero attached hydrogens (tertiary/aromatic N) is 2. The first-order chi connectivity index (χ1) is 11.6. The molecule has 0 aliphatic heterocycles. The Balaban J connectivity index is 1.85. The monoisotopic (exact) mass is 355 g/mol. The van der Waals surface area contributed by atoms with Gasteiger partial charge in [-0.25, -0.2) is 4.52 Å². The summed E-state index contributed by atoms with van der Waals surface area (Å²) < 4.78 is 1.59. The molecule has 1 N–H and O–H groups in total. The summed E-state index contributed by atoms with van der Waals surface area (Å²) in [7, 11) is 0. The molecule has 2 aromatic heterocycles. The number of aromatic nitrogens is 3. The maximum absolute atomic E-state index is 12.4. The van der Waals surface area contributed by atoms with Crippen LogP contribution in [0.2, 0.25) is 10.0 Å². The van der Waals surface area contributed by atoms with E-state index in [2.05, 4.69) is 10.1 Å². The van der Waals surface area contributed by atoms with Gasteiger partial charge in [-0.1, -0.05) is 47.5 Å². The van der Waals surface area contributed by atoms with Crippen molar-refractivity contribution in [2.45, 2.75) is 0 Å². The van der Waals surface area contributed by atoms with Gasteiger partial charge in [0.2, 0.25) is 0 Å². The lowest BCUT2D eigenvalue weighted by Gasteiger charge is -2.02. The Morgan fingerprint density at radius 3 is 2.08 bits per heavy atom. The second-order valence-electron chi connectivity index (χ2n) is 5.37. The average Bonchev–Trinajstić information content (AvgIpc) is 3.01. The first kappa shape index (κ1) is 15.0. The van der Waals surface area contributed by atoms with Crippen LogP contribution in [0.1, 0.15) is 0 Å². The quantitative estimate of drug-likeness (QED) is 0.568. The molecule has 0 spiro atoms. The second-order valence-corrected chi connectivity index (χ2v) is 6.24. The molecule has 0 fully saturated rings. The summed E-state index contributed by atoms with van der Waals surface area (Å²) in [5, 5.41) is 5.81. The van der Waals surface area contributed by atoms with Gasteiger partial charge in [0.1, 0.15) is 5.52 Å². The van der Waals surface area contributed by atoms with Crippen LogP contribution in [0.25, 0.3) is 28.0 Å². The minimum absolute atomic E-state index is 0.199. The summed E-state index contributed by atoms with van der Waals surface area (Å²) >= 11 is 11.8. The molecule has 0 radical (unpaired) electrons. The fourth-order valence-electron chi connectivity index (χ4n) is 2.54. The van der Waals surface area contributed by atoms with Crippen LogP contribution < -0.4 is 5.56 Å². The van der Waals surface area contributed by atoms with Crippen molar-refractivity contribution in [1.29, 1.82) is 0 Å². The van der Waals surface area contributed by atoms with Gasteiger partial charge in [-0.15, -0.1) is 0 Å². The lowest BCUT2D eigenvalue weighted by Crippen LogP contribution is -2.10. The molecule has 0 aliphatic carbocycles. The first-order valence-corrected chi connectivity index (χ1v) is 8.00. The van der Waals surface area contributed by atoms with Gasteiger partial charge in [-0.05, 0) is 35.9 Å². The third-order valence-corrected chi connectivity index (χ3v) is 4.27. The van der Waals surface area contributed by atoms with Crippen molar-refractivity contribution in [1.82, 2.24) is 14.6 Å². The molecule has 6 heteroatoms. The molecule has 4 nitrogen and oxygen atoms in total. The molecule has 4 rings (SSSR count). The molecule has 24 heavy (non-hydrogen) atoms. The highest BCUT2D eigenvalue weighted by Gasteiger charge is 2.09. The van der Waals surface area contributed by atoms with Gasteiger partial charge in [-0.2, -0.15) is 5.10 Å². The summed E-state index contributed by atoms with van der Waals surface area (Å²) in [6.07, 6.45) is 1.79. The highest BCUT2D eigenvalue weighted by molar-refractivity contribution is 6.30. The number of hydrogen-bond donors (Lipinski definition) is 1. The molecule has 2 heterocycles. The first-order valence-electron chi connectivity index (χ1n) is 7.25.